The van der Waals surface area contributed by atoms with Crippen molar-refractivity contribution in [2.45, 2.75) is 12.8 Å². The Bertz CT molecular complexity index is 430. The van der Waals surface area contributed by atoms with Crippen molar-refractivity contribution >= 4 is 23.2 Å². The number of primary amides is 1. The second-order valence-electron chi connectivity index (χ2n) is 4.65. The second-order valence-corrected chi connectivity index (χ2v) is 5.06. The fraction of sp³-hybridized carbons (Fsp3) is 0.462. The number of amides is 1. The molecule has 1 heterocycles. The van der Waals surface area contributed by atoms with E-state index in [1.165, 1.54) is 12.8 Å². The lowest BCUT2D eigenvalue weighted by Gasteiger charge is -2.23. The normalized spacial score (nSPS) is 19.5. The fourth-order valence-electron chi connectivity index (χ4n) is 2.16. The number of nitrogens with one attached hydrogen (secondary N) is 2. The van der Waals surface area contributed by atoms with Crippen molar-refractivity contribution in [3.05, 3.63) is 28.8 Å². The molecular formula is C13H18ClN3O. The molecule has 1 unspecified atom stereocenters. The summed E-state index contributed by atoms with van der Waals surface area (Å²) in [6.45, 7) is 3.05. The number of carbonyl (C=O) groups excluding carboxylic acids is 1. The molecule has 0 saturated carbocycles. The Labute approximate surface area is 112 Å². The predicted molar refractivity (Wildman–Crippen MR) is 74.1 cm³/mol. The zero-order chi connectivity index (χ0) is 13.0. The molecule has 4 N–H and O–H groups in total. The average Bonchev–Trinajstić information content (AvgIpc) is 2.38. The Kier molecular flexibility index (Phi) is 4.44. The predicted octanol–water partition coefficient (Wildman–Crippen LogP) is 1.85. The summed E-state index contributed by atoms with van der Waals surface area (Å²) in [6, 6.07) is 5.10. The van der Waals surface area contributed by atoms with Crippen LogP contribution in [0.5, 0.6) is 0 Å². The Morgan fingerprint density at radius 1 is 1.56 bits per heavy atom. The van der Waals surface area contributed by atoms with Gasteiger partial charge in [-0.3, -0.25) is 4.79 Å². The Hall–Kier alpha value is -1.26. The minimum Gasteiger partial charge on any atom is -0.384 e. The first-order valence-electron chi connectivity index (χ1n) is 6.21. The largest absolute Gasteiger partial charge is 0.384 e. The molecule has 1 atom stereocenters. The highest BCUT2D eigenvalue weighted by Crippen LogP contribution is 2.23. The van der Waals surface area contributed by atoms with Crippen LogP contribution in [-0.2, 0) is 0 Å². The van der Waals surface area contributed by atoms with Crippen molar-refractivity contribution in [3.63, 3.8) is 0 Å². The highest BCUT2D eigenvalue weighted by molar-refractivity contribution is 6.33. The summed E-state index contributed by atoms with van der Waals surface area (Å²) in [4.78, 5) is 11.0. The van der Waals surface area contributed by atoms with Gasteiger partial charge in [0.2, 0.25) is 5.91 Å². The fourth-order valence-corrected chi connectivity index (χ4v) is 2.41. The van der Waals surface area contributed by atoms with Gasteiger partial charge in [-0.05, 0) is 50.0 Å². The van der Waals surface area contributed by atoms with Crippen LogP contribution in [0.25, 0.3) is 0 Å². The standard InChI is InChI=1S/C13H18ClN3O/c14-11-6-10(13(15)18)3-4-12(11)17-8-9-2-1-5-16-7-9/h3-4,6,9,16-17H,1-2,5,7-8H2,(H2,15,18). The number of piperidine rings is 1. The molecule has 1 saturated heterocycles. The van der Waals surface area contributed by atoms with E-state index in [-0.39, 0.29) is 0 Å². The monoisotopic (exact) mass is 267 g/mol. The first-order valence-corrected chi connectivity index (χ1v) is 6.58. The molecule has 2 rings (SSSR count). The van der Waals surface area contributed by atoms with Crippen LogP contribution in [0.4, 0.5) is 5.69 Å². The number of nitrogens with two attached hydrogens (primary N) is 1. The third-order valence-corrected chi connectivity index (χ3v) is 3.55. The topological polar surface area (TPSA) is 67.2 Å². The number of carbonyl (C=O) groups is 1. The maximum atomic E-state index is 11.0. The molecule has 1 aliphatic heterocycles. The van der Waals surface area contributed by atoms with Crippen LogP contribution in [0.2, 0.25) is 5.02 Å². The van der Waals surface area contributed by atoms with E-state index in [9.17, 15) is 4.79 Å². The molecule has 98 valence electrons. The van der Waals surface area contributed by atoms with Gasteiger partial charge in [-0.2, -0.15) is 0 Å². The summed E-state index contributed by atoms with van der Waals surface area (Å²) in [5.74, 6) is 0.172. The lowest BCUT2D eigenvalue weighted by Crippen LogP contribution is -2.33. The van der Waals surface area contributed by atoms with E-state index in [1.807, 2.05) is 0 Å². The quantitative estimate of drug-likeness (QED) is 0.780. The van der Waals surface area contributed by atoms with E-state index in [0.717, 1.165) is 25.3 Å². The Morgan fingerprint density at radius 3 is 3.00 bits per heavy atom. The van der Waals surface area contributed by atoms with Gasteiger partial charge in [-0.25, -0.2) is 0 Å². The van der Waals surface area contributed by atoms with Crippen LogP contribution >= 0.6 is 11.6 Å². The van der Waals surface area contributed by atoms with Crippen LogP contribution in [-0.4, -0.2) is 25.5 Å². The molecule has 1 aliphatic rings. The molecule has 0 bridgehead atoms. The van der Waals surface area contributed by atoms with Gasteiger partial charge >= 0.3 is 0 Å². The number of hydrogen-bond donors (Lipinski definition) is 3. The van der Waals surface area contributed by atoms with Gasteiger partial charge in [0, 0.05) is 12.1 Å². The lowest BCUT2D eigenvalue weighted by molar-refractivity contribution is 0.100. The van der Waals surface area contributed by atoms with E-state index < -0.39 is 5.91 Å². The highest BCUT2D eigenvalue weighted by Gasteiger charge is 2.13. The van der Waals surface area contributed by atoms with E-state index in [1.54, 1.807) is 18.2 Å². The van der Waals surface area contributed by atoms with E-state index in [2.05, 4.69) is 10.6 Å². The average molecular weight is 268 g/mol. The molecule has 1 fully saturated rings. The lowest BCUT2D eigenvalue weighted by atomic mass is 10.00. The van der Waals surface area contributed by atoms with Gasteiger partial charge in [0.05, 0.1) is 10.7 Å². The Balaban J connectivity index is 1.94. The van der Waals surface area contributed by atoms with E-state index >= 15 is 0 Å². The molecule has 1 aromatic rings. The molecule has 0 radical (unpaired) electrons. The zero-order valence-electron chi connectivity index (χ0n) is 10.2. The van der Waals surface area contributed by atoms with Gasteiger partial charge in [0.25, 0.3) is 0 Å². The van der Waals surface area contributed by atoms with Crippen LogP contribution < -0.4 is 16.4 Å². The van der Waals surface area contributed by atoms with Crippen molar-refractivity contribution in [1.82, 2.24) is 5.32 Å². The summed E-state index contributed by atoms with van der Waals surface area (Å²) in [5.41, 5.74) is 6.49. The Morgan fingerprint density at radius 2 is 2.39 bits per heavy atom. The summed E-state index contributed by atoms with van der Waals surface area (Å²) in [5, 5.41) is 7.24. The summed E-state index contributed by atoms with van der Waals surface area (Å²) in [6.07, 6.45) is 2.46. The number of hydrogen-bond acceptors (Lipinski definition) is 3. The van der Waals surface area contributed by atoms with Crippen molar-refractivity contribution in [2.75, 3.05) is 25.0 Å². The molecule has 18 heavy (non-hydrogen) atoms. The molecule has 1 aromatic carbocycles. The summed E-state index contributed by atoms with van der Waals surface area (Å²) in [7, 11) is 0. The first kappa shape index (κ1) is 13.2. The van der Waals surface area contributed by atoms with E-state index in [0.29, 0.717) is 16.5 Å². The number of anilines is 1. The van der Waals surface area contributed by atoms with Crippen molar-refractivity contribution in [2.24, 2.45) is 11.7 Å². The molecular weight excluding hydrogens is 250 g/mol. The molecule has 0 aliphatic carbocycles. The van der Waals surface area contributed by atoms with Gasteiger partial charge in [0.15, 0.2) is 0 Å². The maximum absolute atomic E-state index is 11.0. The van der Waals surface area contributed by atoms with Crippen LogP contribution in [0.1, 0.15) is 23.2 Å². The summed E-state index contributed by atoms with van der Waals surface area (Å²) < 4.78 is 0. The van der Waals surface area contributed by atoms with Crippen LogP contribution in [0.15, 0.2) is 18.2 Å². The van der Waals surface area contributed by atoms with Crippen LogP contribution in [0, 0.1) is 5.92 Å². The number of benzene rings is 1. The molecule has 5 heteroatoms. The SMILES string of the molecule is NC(=O)c1ccc(NCC2CCCNC2)c(Cl)c1. The minimum atomic E-state index is -0.458. The second kappa shape index (κ2) is 6.07. The molecule has 1 amide bonds. The van der Waals surface area contributed by atoms with Crippen molar-refractivity contribution in [3.8, 4) is 0 Å². The van der Waals surface area contributed by atoms with Crippen molar-refractivity contribution in [1.29, 1.82) is 0 Å². The van der Waals surface area contributed by atoms with Gasteiger partial charge in [-0.15, -0.1) is 0 Å². The smallest absolute Gasteiger partial charge is 0.248 e. The molecule has 0 spiro atoms. The van der Waals surface area contributed by atoms with Gasteiger partial charge < -0.3 is 16.4 Å². The zero-order valence-corrected chi connectivity index (χ0v) is 11.0. The number of halogens is 1. The highest BCUT2D eigenvalue weighted by atomic mass is 35.5. The van der Waals surface area contributed by atoms with E-state index in [4.69, 9.17) is 17.3 Å². The molecule has 4 nitrogen and oxygen atoms in total. The minimum absolute atomic E-state index is 0.435. The van der Waals surface area contributed by atoms with Gasteiger partial charge in [0.1, 0.15) is 0 Å². The van der Waals surface area contributed by atoms with Gasteiger partial charge in [-0.1, -0.05) is 11.6 Å². The van der Waals surface area contributed by atoms with Crippen LogP contribution in [0.3, 0.4) is 0 Å². The maximum Gasteiger partial charge on any atom is 0.248 e. The molecule has 0 aromatic heterocycles. The van der Waals surface area contributed by atoms with Crippen molar-refractivity contribution < 1.29 is 4.79 Å². The first-order chi connectivity index (χ1) is 8.66. The third kappa shape index (κ3) is 3.37. The third-order valence-electron chi connectivity index (χ3n) is 3.23. The number of rotatable bonds is 4. The summed E-state index contributed by atoms with van der Waals surface area (Å²) >= 11 is 6.11.